The average Bonchev–Trinajstić information content (AvgIpc) is 1.57. The number of unbranched alkanes of at least 4 members (excludes halogenated alkanes) is 1. The van der Waals surface area contributed by atoms with E-state index in [1.165, 1.54) is 28.4 Å². The summed E-state index contributed by atoms with van der Waals surface area (Å²) in [7, 11) is 0. The van der Waals surface area contributed by atoms with Crippen molar-refractivity contribution in [2.24, 2.45) is 69.3 Å². The van der Waals surface area contributed by atoms with Gasteiger partial charge in [0.15, 0.2) is 5.78 Å². The summed E-state index contributed by atoms with van der Waals surface area (Å²) in [6.45, 7) is 5.74. The Hall–Kier alpha value is -6.38. The van der Waals surface area contributed by atoms with Gasteiger partial charge in [-0.1, -0.05) is 30.3 Å². The molecule has 12 fully saturated rings. The van der Waals surface area contributed by atoms with E-state index in [0.29, 0.717) is 148 Å². The molecule has 15 aliphatic rings. The molecule has 5 heterocycles. The van der Waals surface area contributed by atoms with Crippen molar-refractivity contribution < 1.29 is 47.9 Å². The van der Waals surface area contributed by atoms with Crippen molar-refractivity contribution in [1.82, 2.24) is 47.0 Å². The summed E-state index contributed by atoms with van der Waals surface area (Å²) in [5.74, 6) is -2.75. The first-order chi connectivity index (χ1) is 50.6. The highest BCUT2D eigenvalue weighted by atomic mass is 32.2. The number of hydrogen-bond donors (Lipinski definition) is 11. The lowest BCUT2D eigenvalue weighted by molar-refractivity contribution is -0.146. The average molecular weight is 1480 g/mol. The first-order valence-corrected chi connectivity index (χ1v) is 41.6. The minimum atomic E-state index is -1.23. The van der Waals surface area contributed by atoms with Gasteiger partial charge in [0.2, 0.25) is 47.3 Å². The molecule has 0 unspecified atom stereocenters. The van der Waals surface area contributed by atoms with E-state index >= 15 is 47.9 Å². The Balaban J connectivity index is 0.825. The minimum Gasteiger partial charge on any atom is -0.343 e. The highest BCUT2D eigenvalue weighted by Gasteiger charge is 2.63. The normalized spacial score (nSPS) is 38.1. The number of nitrogens with two attached hydrogens (primary N) is 4. The van der Waals surface area contributed by atoms with E-state index in [4.69, 9.17) is 22.9 Å². The second-order valence-corrected chi connectivity index (χ2v) is 37.1. The number of fused-ring (bicyclic) bond motifs is 5. The summed E-state index contributed by atoms with van der Waals surface area (Å²) in [6.07, 6.45) is 21.5. The summed E-state index contributed by atoms with van der Waals surface area (Å²) >= 11 is 2.92. The molecule has 1 aromatic rings. The molecule has 25 heteroatoms. The van der Waals surface area contributed by atoms with Crippen molar-refractivity contribution >= 4 is 82.5 Å². The first-order valence-electron chi connectivity index (χ1n) is 40.0. The van der Waals surface area contributed by atoms with Crippen LogP contribution in [0, 0.1) is 46.3 Å². The number of carbonyl (C=O) groups is 10. The molecule has 105 heavy (non-hydrogen) atoms. The second-order valence-electron chi connectivity index (χ2n) is 34.2. The summed E-state index contributed by atoms with van der Waals surface area (Å²) in [6, 6.07) is -0.646. The van der Waals surface area contributed by atoms with Crippen LogP contribution in [-0.4, -0.2) is 172 Å². The number of ketones is 1. The highest BCUT2D eigenvalue weighted by Crippen LogP contribution is 2.69. The van der Waals surface area contributed by atoms with E-state index in [1.807, 2.05) is 42.5 Å². The Morgan fingerprint density at radius 3 is 1.32 bits per heavy atom. The number of thioether (sulfide) groups is 2. The molecule has 9 saturated carbocycles. The van der Waals surface area contributed by atoms with Gasteiger partial charge in [0.25, 0.3) is 5.91 Å². The summed E-state index contributed by atoms with van der Waals surface area (Å²) in [4.78, 5) is 159. The standard InChI is InChI=1S/C80H113N13O10S2/c1-77-54-37-63(104-77)65(94)61-22-12-28-92(61)75(102)59(18-6-7-24-81)88-74(101)67(80-42-49-33-50(43-80)35-51(34-49)44-80)91-69(96)57(20-10-26-83)85-71(98)62-23-13-29-93(62)76(103)60(36-45-14-4-3-5-15-45)89-68(95)56(19-9-25-82)87-73(100)66(79-39-46-30-47(40-79)32-48(31-46)41-79)90-70(97)58(21-11-27-84)86-72(99)64-38-55(78(77,2)105-64)53-17-8-16-52(53)54/h3-5,14-15,37-38,46-51,56-62,66-67H,6-13,16-36,39-44,81-84H2,1-2H3,(H,85,98)(H,86,99)(H,87,100)(H,88,101)(H,89,95)(H,90,97)(H,91,96)/t46?,47?,48?,49?,50?,51?,56-,57-,58-,59-,60+,61+,62-,66+,67+,77-,78-,79?,80?/m0/s1. The lowest BCUT2D eigenvalue weighted by atomic mass is 9.47. The fraction of sp³-hybridized carbons (Fsp3) is 0.700. The van der Waals surface area contributed by atoms with E-state index in [1.54, 1.807) is 4.90 Å². The van der Waals surface area contributed by atoms with Crippen molar-refractivity contribution in [2.75, 3.05) is 39.3 Å². The third-order valence-electron chi connectivity index (χ3n) is 27.1. The Labute approximate surface area is 626 Å². The molecular weight excluding hydrogens is 1370 g/mol. The van der Waals surface area contributed by atoms with Crippen LogP contribution in [0.1, 0.15) is 199 Å². The third-order valence-corrected chi connectivity index (χ3v) is 30.3. The smallest absolute Gasteiger partial charge is 0.258 e. The third kappa shape index (κ3) is 14.8. The van der Waals surface area contributed by atoms with Crippen LogP contribution in [-0.2, 0) is 54.4 Å². The monoisotopic (exact) mass is 1480 g/mol. The van der Waals surface area contributed by atoms with Gasteiger partial charge in [-0.15, -0.1) is 23.5 Å². The van der Waals surface area contributed by atoms with Gasteiger partial charge >= 0.3 is 0 Å². The van der Waals surface area contributed by atoms with Crippen molar-refractivity contribution in [3.05, 3.63) is 80.2 Å². The van der Waals surface area contributed by atoms with E-state index in [-0.39, 0.29) is 76.4 Å². The Kier molecular flexibility index (Phi) is 22.5. The molecule has 12 bridgehead atoms. The predicted octanol–water partition coefficient (Wildman–Crippen LogP) is 5.54. The summed E-state index contributed by atoms with van der Waals surface area (Å²) in [5, 5.41) is 22.1. The van der Waals surface area contributed by atoms with Gasteiger partial charge in [-0.2, -0.15) is 0 Å². The van der Waals surface area contributed by atoms with Crippen molar-refractivity contribution in [3.8, 4) is 0 Å². The molecule has 1 aromatic carbocycles. The Morgan fingerprint density at radius 2 is 0.829 bits per heavy atom. The van der Waals surface area contributed by atoms with Gasteiger partial charge < -0.3 is 70.0 Å². The van der Waals surface area contributed by atoms with Gasteiger partial charge in [-0.3, -0.25) is 47.9 Å². The van der Waals surface area contributed by atoms with E-state index < -0.39 is 122 Å². The summed E-state index contributed by atoms with van der Waals surface area (Å²) < 4.78 is -1.52. The molecule has 15 N–H and O–H groups in total. The quantitative estimate of drug-likeness (QED) is 0.0854. The van der Waals surface area contributed by atoms with E-state index in [0.717, 1.165) is 85.6 Å². The predicted molar refractivity (Wildman–Crippen MR) is 403 cm³/mol. The fourth-order valence-electron chi connectivity index (χ4n) is 22.7. The van der Waals surface area contributed by atoms with Crippen molar-refractivity contribution in [2.45, 2.75) is 264 Å². The molecule has 0 radical (unpaired) electrons. The molecule has 10 aliphatic carbocycles. The van der Waals surface area contributed by atoms with Crippen LogP contribution in [0.4, 0.5) is 0 Å². The molecule has 23 nitrogen and oxygen atoms in total. The zero-order chi connectivity index (χ0) is 73.7. The van der Waals surface area contributed by atoms with Crippen LogP contribution in [0.3, 0.4) is 0 Å². The maximum Gasteiger partial charge on any atom is 0.258 e. The number of amides is 9. The zero-order valence-corrected chi connectivity index (χ0v) is 63.2. The molecular formula is C80H113N13O10S2. The summed E-state index contributed by atoms with van der Waals surface area (Å²) in [5.41, 5.74) is 28.5. The minimum absolute atomic E-state index is 0.0317. The van der Waals surface area contributed by atoms with Gasteiger partial charge in [0.1, 0.15) is 48.3 Å². The molecule has 0 aromatic heterocycles. The molecule has 11 atom stereocenters. The number of benzene rings is 1. The number of Topliss-reactive ketones (excluding diaryl/α,β-unsaturated/α-hetero) is 1. The van der Waals surface area contributed by atoms with Crippen molar-refractivity contribution in [3.63, 3.8) is 0 Å². The van der Waals surface area contributed by atoms with Gasteiger partial charge in [-0.25, -0.2) is 0 Å². The van der Waals surface area contributed by atoms with Gasteiger partial charge in [0.05, 0.1) is 25.3 Å². The van der Waals surface area contributed by atoms with Crippen LogP contribution in [0.15, 0.2) is 74.6 Å². The number of nitrogens with one attached hydrogen (secondary N) is 7. The van der Waals surface area contributed by atoms with Crippen LogP contribution >= 0.6 is 23.5 Å². The van der Waals surface area contributed by atoms with Gasteiger partial charge in [0, 0.05) is 30.3 Å². The number of carbonyl (C=O) groups excluding carboxylic acids is 10. The number of allylic oxidation sites excluding steroid dienone is 4. The maximum atomic E-state index is 15.8. The number of hydrogen-bond acceptors (Lipinski definition) is 16. The first kappa shape index (κ1) is 75.4. The molecule has 5 aliphatic heterocycles. The van der Waals surface area contributed by atoms with Crippen molar-refractivity contribution in [1.29, 1.82) is 0 Å². The lowest BCUT2D eigenvalue weighted by Gasteiger charge is -2.59. The molecule has 16 rings (SSSR count). The number of rotatable bonds is 17. The van der Waals surface area contributed by atoms with Gasteiger partial charge in [-0.05, 0) is 295 Å². The Bertz CT molecular complexity index is 3660. The second kappa shape index (κ2) is 31.3. The largest absolute Gasteiger partial charge is 0.343 e. The van der Waals surface area contributed by atoms with Crippen LogP contribution in [0.2, 0.25) is 0 Å². The zero-order valence-electron chi connectivity index (χ0n) is 61.6. The molecule has 0 spiro atoms. The number of nitrogens with zero attached hydrogens (tertiary/aromatic N) is 2. The van der Waals surface area contributed by atoms with Crippen LogP contribution in [0.25, 0.3) is 0 Å². The topological polar surface area (TPSA) is 365 Å². The lowest BCUT2D eigenvalue weighted by Crippen LogP contribution is -2.66. The fourth-order valence-corrected chi connectivity index (χ4v) is 25.8. The molecule has 3 saturated heterocycles. The van der Waals surface area contributed by atoms with Crippen LogP contribution < -0.4 is 60.2 Å². The molecule has 570 valence electrons. The highest BCUT2D eigenvalue weighted by molar-refractivity contribution is 8.10. The van der Waals surface area contributed by atoms with E-state index in [2.05, 4.69) is 51.1 Å². The maximum absolute atomic E-state index is 15.8. The molecule has 9 amide bonds. The van der Waals surface area contributed by atoms with Crippen LogP contribution in [0.5, 0.6) is 0 Å². The SMILES string of the molecule is C[C@]12SC3=CC1=C1CCCC1=C1C=C(S[C@@]12C)C(=O)[C@H]1CCCN1C(=O)[C@H](CCCCN)NC(=O)[C@H](C12CC4CC(CC(C4)C1)C2)NC(=O)[C@H](CCCN)NC(=O)[C@@H]1CCCN1C(=O)[C@@H](Cc1ccccc1)NC(=O)[C@H](CCCN)NC(=O)[C@H](C12CC4CC(CC(C4)C1)C2)NC(=O)[C@H](CCCN)NC3=O. The Morgan fingerprint density at radius 1 is 0.429 bits per heavy atom. The van der Waals surface area contributed by atoms with E-state index in [9.17, 15) is 0 Å².